The Hall–Kier alpha value is -1.76. The molecule has 1 aromatic rings. The Morgan fingerprint density at radius 2 is 2.05 bits per heavy atom. The quantitative estimate of drug-likeness (QED) is 0.754. The van der Waals surface area contributed by atoms with Gasteiger partial charge in [-0.05, 0) is 31.2 Å². The maximum atomic E-state index is 12.0. The molecule has 7 heteroatoms. The van der Waals surface area contributed by atoms with Crippen molar-refractivity contribution in [1.82, 2.24) is 10.6 Å². The average Bonchev–Trinajstić information content (AvgIpc) is 2.37. The van der Waals surface area contributed by atoms with Crippen molar-refractivity contribution in [2.45, 2.75) is 32.5 Å². The first kappa shape index (κ1) is 17.3. The number of amides is 2. The van der Waals surface area contributed by atoms with Gasteiger partial charge in [0.2, 0.25) is 0 Å². The van der Waals surface area contributed by atoms with Gasteiger partial charge in [-0.3, -0.25) is 0 Å². The van der Waals surface area contributed by atoms with Crippen LogP contribution in [-0.2, 0) is 0 Å². The fraction of sp³-hybridized carbons (Fsp3) is 0.500. The molecule has 0 fully saturated rings. The molecule has 0 aliphatic rings. The SMILES string of the molecule is CCNC(C)c1cccc(NC(=O)NCCC(F)(F)F)c1. The second kappa shape index (κ2) is 7.87. The third-order valence-electron chi connectivity index (χ3n) is 2.85. The zero-order chi connectivity index (χ0) is 15.9. The van der Waals surface area contributed by atoms with Gasteiger partial charge in [0.25, 0.3) is 0 Å². The molecule has 118 valence electrons. The van der Waals surface area contributed by atoms with Gasteiger partial charge in [-0.2, -0.15) is 13.2 Å². The second-order valence-corrected chi connectivity index (χ2v) is 4.65. The summed E-state index contributed by atoms with van der Waals surface area (Å²) < 4.78 is 35.9. The zero-order valence-electron chi connectivity index (χ0n) is 12.1. The Balaban J connectivity index is 2.51. The number of anilines is 1. The van der Waals surface area contributed by atoms with Crippen LogP contribution in [0.15, 0.2) is 24.3 Å². The summed E-state index contributed by atoms with van der Waals surface area (Å²) in [4.78, 5) is 11.5. The molecule has 0 heterocycles. The Kier molecular flexibility index (Phi) is 6.48. The molecule has 0 saturated heterocycles. The molecule has 3 N–H and O–H groups in total. The summed E-state index contributed by atoms with van der Waals surface area (Å²) in [6, 6.07) is 6.66. The number of carbonyl (C=O) groups excluding carboxylic acids is 1. The maximum absolute atomic E-state index is 12.0. The van der Waals surface area contributed by atoms with Gasteiger partial charge >= 0.3 is 12.2 Å². The molecule has 4 nitrogen and oxygen atoms in total. The minimum Gasteiger partial charge on any atom is -0.338 e. The highest BCUT2D eigenvalue weighted by atomic mass is 19.4. The Morgan fingerprint density at radius 1 is 1.33 bits per heavy atom. The fourth-order valence-corrected chi connectivity index (χ4v) is 1.80. The molecule has 0 aliphatic carbocycles. The zero-order valence-corrected chi connectivity index (χ0v) is 12.1. The van der Waals surface area contributed by atoms with E-state index < -0.39 is 25.2 Å². The Labute approximate surface area is 122 Å². The van der Waals surface area contributed by atoms with Crippen LogP contribution in [0.4, 0.5) is 23.7 Å². The van der Waals surface area contributed by atoms with Crippen molar-refractivity contribution in [2.24, 2.45) is 0 Å². The fourth-order valence-electron chi connectivity index (χ4n) is 1.80. The molecular formula is C14H20F3N3O. The van der Waals surface area contributed by atoms with Gasteiger partial charge < -0.3 is 16.0 Å². The first-order valence-electron chi connectivity index (χ1n) is 6.76. The van der Waals surface area contributed by atoms with Crippen LogP contribution in [-0.4, -0.2) is 25.3 Å². The maximum Gasteiger partial charge on any atom is 0.390 e. The summed E-state index contributed by atoms with van der Waals surface area (Å²) in [5, 5.41) is 7.94. The number of benzene rings is 1. The van der Waals surface area contributed by atoms with Crippen LogP contribution in [0.25, 0.3) is 0 Å². The van der Waals surface area contributed by atoms with E-state index in [-0.39, 0.29) is 6.04 Å². The Morgan fingerprint density at radius 3 is 2.67 bits per heavy atom. The van der Waals surface area contributed by atoms with E-state index in [9.17, 15) is 18.0 Å². The molecule has 1 aromatic carbocycles. The lowest BCUT2D eigenvalue weighted by Gasteiger charge is -2.14. The van der Waals surface area contributed by atoms with Gasteiger partial charge in [-0.1, -0.05) is 19.1 Å². The highest BCUT2D eigenvalue weighted by molar-refractivity contribution is 5.89. The normalized spacial score (nSPS) is 12.8. The van der Waals surface area contributed by atoms with Crippen LogP contribution in [0.1, 0.15) is 31.9 Å². The van der Waals surface area contributed by atoms with E-state index in [1.807, 2.05) is 19.9 Å². The van der Waals surface area contributed by atoms with E-state index in [1.54, 1.807) is 18.2 Å². The predicted octanol–water partition coefficient (Wildman–Crippen LogP) is 3.43. The number of hydrogen-bond donors (Lipinski definition) is 3. The number of carbonyl (C=O) groups is 1. The number of alkyl halides is 3. The van der Waals surface area contributed by atoms with Gasteiger partial charge in [0.15, 0.2) is 0 Å². The molecule has 0 spiro atoms. The molecule has 0 radical (unpaired) electrons. The molecule has 1 rings (SSSR count). The van der Waals surface area contributed by atoms with Gasteiger partial charge in [-0.15, -0.1) is 0 Å². The van der Waals surface area contributed by atoms with Crippen LogP contribution in [0.2, 0.25) is 0 Å². The first-order valence-corrected chi connectivity index (χ1v) is 6.76. The number of halogens is 3. The van der Waals surface area contributed by atoms with Crippen molar-refractivity contribution in [3.05, 3.63) is 29.8 Å². The number of rotatable bonds is 6. The Bertz CT molecular complexity index is 463. The number of hydrogen-bond acceptors (Lipinski definition) is 2. The van der Waals surface area contributed by atoms with Crippen LogP contribution >= 0.6 is 0 Å². The van der Waals surface area contributed by atoms with Crippen molar-refractivity contribution in [3.63, 3.8) is 0 Å². The highest BCUT2D eigenvalue weighted by Crippen LogP contribution is 2.19. The predicted molar refractivity (Wildman–Crippen MR) is 76.2 cm³/mol. The monoisotopic (exact) mass is 303 g/mol. The van der Waals surface area contributed by atoms with Crippen LogP contribution in [0, 0.1) is 0 Å². The summed E-state index contributed by atoms with van der Waals surface area (Å²) in [5.74, 6) is 0. The molecule has 0 aliphatic heterocycles. The molecule has 21 heavy (non-hydrogen) atoms. The molecular weight excluding hydrogens is 283 g/mol. The summed E-state index contributed by atoms with van der Waals surface area (Å²) in [7, 11) is 0. The van der Waals surface area contributed by atoms with Crippen LogP contribution in [0.5, 0.6) is 0 Å². The van der Waals surface area contributed by atoms with Gasteiger partial charge in [0.05, 0.1) is 6.42 Å². The van der Waals surface area contributed by atoms with Crippen LogP contribution < -0.4 is 16.0 Å². The third-order valence-corrected chi connectivity index (χ3v) is 2.85. The summed E-state index contributed by atoms with van der Waals surface area (Å²) in [6.45, 7) is 4.36. The molecule has 0 bridgehead atoms. The van der Waals surface area contributed by atoms with E-state index in [0.29, 0.717) is 5.69 Å². The largest absolute Gasteiger partial charge is 0.390 e. The van der Waals surface area contributed by atoms with Crippen molar-refractivity contribution >= 4 is 11.7 Å². The first-order chi connectivity index (χ1) is 9.81. The van der Waals surface area contributed by atoms with E-state index in [2.05, 4.69) is 16.0 Å². The minimum absolute atomic E-state index is 0.130. The van der Waals surface area contributed by atoms with Gasteiger partial charge in [-0.25, -0.2) is 4.79 Å². The number of nitrogens with one attached hydrogen (secondary N) is 3. The second-order valence-electron chi connectivity index (χ2n) is 4.65. The summed E-state index contributed by atoms with van der Waals surface area (Å²) in [6.07, 6.45) is -5.31. The number of urea groups is 1. The van der Waals surface area contributed by atoms with Crippen LogP contribution in [0.3, 0.4) is 0 Å². The third kappa shape index (κ3) is 6.99. The van der Waals surface area contributed by atoms with Crippen molar-refractivity contribution in [1.29, 1.82) is 0 Å². The van der Waals surface area contributed by atoms with E-state index >= 15 is 0 Å². The standard InChI is InChI=1S/C14H20F3N3O/c1-3-18-10(2)11-5-4-6-12(9-11)20-13(21)19-8-7-14(15,16)17/h4-6,9-10,18H,3,7-8H2,1-2H3,(H2,19,20,21). The van der Waals surface area contributed by atoms with Gasteiger partial charge in [0.1, 0.15) is 0 Å². The van der Waals surface area contributed by atoms with E-state index in [0.717, 1.165) is 12.1 Å². The molecule has 0 aromatic heterocycles. The lowest BCUT2D eigenvalue weighted by atomic mass is 10.1. The molecule has 2 amide bonds. The summed E-state index contributed by atoms with van der Waals surface area (Å²) >= 11 is 0. The smallest absolute Gasteiger partial charge is 0.338 e. The van der Waals surface area contributed by atoms with Gasteiger partial charge in [0, 0.05) is 18.3 Å². The molecule has 1 atom stereocenters. The lowest BCUT2D eigenvalue weighted by Crippen LogP contribution is -2.31. The topological polar surface area (TPSA) is 53.2 Å². The lowest BCUT2D eigenvalue weighted by molar-refractivity contribution is -0.132. The average molecular weight is 303 g/mol. The van der Waals surface area contributed by atoms with Crippen molar-refractivity contribution in [2.75, 3.05) is 18.4 Å². The highest BCUT2D eigenvalue weighted by Gasteiger charge is 2.26. The minimum atomic E-state index is -4.27. The van der Waals surface area contributed by atoms with Crippen molar-refractivity contribution < 1.29 is 18.0 Å². The van der Waals surface area contributed by atoms with E-state index in [4.69, 9.17) is 0 Å². The molecule has 0 saturated carbocycles. The summed E-state index contributed by atoms with van der Waals surface area (Å²) in [5.41, 5.74) is 1.53. The van der Waals surface area contributed by atoms with Crippen molar-refractivity contribution in [3.8, 4) is 0 Å². The van der Waals surface area contributed by atoms with E-state index in [1.165, 1.54) is 0 Å². The molecule has 1 unspecified atom stereocenters.